The number of urea groups is 1. The number of hydrogen-bond donors (Lipinski definition) is 1. The van der Waals surface area contributed by atoms with E-state index < -0.39 is 0 Å². The maximum absolute atomic E-state index is 12.6. The van der Waals surface area contributed by atoms with Crippen molar-refractivity contribution in [3.8, 4) is 17.6 Å². The lowest BCUT2D eigenvalue weighted by Gasteiger charge is -2.34. The van der Waals surface area contributed by atoms with Crippen LogP contribution in [-0.4, -0.2) is 47.9 Å². The average Bonchev–Trinajstić information content (AvgIpc) is 3.26. The Morgan fingerprint density at radius 1 is 0.969 bits per heavy atom. The van der Waals surface area contributed by atoms with Crippen LogP contribution in [0.25, 0.3) is 0 Å². The predicted molar refractivity (Wildman–Crippen MR) is 123 cm³/mol. The summed E-state index contributed by atoms with van der Waals surface area (Å²) in [6.07, 6.45) is 0. The van der Waals surface area contributed by atoms with Gasteiger partial charge in [-0.15, -0.1) is 11.3 Å². The third-order valence-corrected chi connectivity index (χ3v) is 6.13. The lowest BCUT2D eigenvalue weighted by atomic mass is 10.2. The highest BCUT2D eigenvalue weighted by Crippen LogP contribution is 2.26. The van der Waals surface area contributed by atoms with Gasteiger partial charge in [-0.1, -0.05) is 12.1 Å². The minimum Gasteiger partial charge on any atom is -0.456 e. The molecular weight excluding hydrogens is 424 g/mol. The van der Waals surface area contributed by atoms with E-state index in [1.165, 1.54) is 11.3 Å². The Labute approximate surface area is 190 Å². The van der Waals surface area contributed by atoms with Crippen molar-refractivity contribution in [1.82, 2.24) is 9.80 Å². The number of benzene rings is 2. The Morgan fingerprint density at radius 2 is 1.66 bits per heavy atom. The second-order valence-corrected chi connectivity index (χ2v) is 8.64. The largest absolute Gasteiger partial charge is 0.456 e. The van der Waals surface area contributed by atoms with Gasteiger partial charge in [0.1, 0.15) is 17.6 Å². The van der Waals surface area contributed by atoms with Gasteiger partial charge in [0.25, 0.3) is 5.91 Å². The van der Waals surface area contributed by atoms with Gasteiger partial charge in [-0.25, -0.2) is 4.79 Å². The van der Waals surface area contributed by atoms with Crippen LogP contribution in [0.5, 0.6) is 11.5 Å². The van der Waals surface area contributed by atoms with Gasteiger partial charge in [-0.2, -0.15) is 5.26 Å². The summed E-state index contributed by atoms with van der Waals surface area (Å²) in [5.41, 5.74) is 1.10. The molecule has 0 radical (unpaired) electrons. The molecule has 1 aromatic heterocycles. The van der Waals surface area contributed by atoms with E-state index in [9.17, 15) is 9.59 Å². The monoisotopic (exact) mass is 446 g/mol. The van der Waals surface area contributed by atoms with Crippen molar-refractivity contribution >= 4 is 29.0 Å². The second-order valence-electron chi connectivity index (χ2n) is 7.35. The molecule has 0 atom stereocenters. The van der Waals surface area contributed by atoms with E-state index in [1.54, 1.807) is 58.3 Å². The fourth-order valence-corrected chi connectivity index (χ4v) is 4.24. The molecule has 1 aliphatic heterocycles. The summed E-state index contributed by atoms with van der Waals surface area (Å²) in [6.45, 7) is 3.96. The van der Waals surface area contributed by atoms with Crippen LogP contribution in [0.2, 0.25) is 0 Å². The maximum atomic E-state index is 12.6. The fraction of sp³-hybridized carbons (Fsp3) is 0.208. The third kappa shape index (κ3) is 4.90. The number of rotatable bonds is 4. The van der Waals surface area contributed by atoms with Gasteiger partial charge >= 0.3 is 6.03 Å². The first-order chi connectivity index (χ1) is 15.5. The fourth-order valence-electron chi connectivity index (χ4n) is 3.40. The molecule has 0 saturated carbocycles. The third-order valence-electron chi connectivity index (χ3n) is 5.15. The maximum Gasteiger partial charge on any atom is 0.321 e. The van der Waals surface area contributed by atoms with Crippen LogP contribution in [0.1, 0.15) is 20.1 Å². The summed E-state index contributed by atoms with van der Waals surface area (Å²) in [6, 6.07) is 19.7. The molecular formula is C24H22N4O3S. The van der Waals surface area contributed by atoms with Gasteiger partial charge in [-0.05, 0) is 55.5 Å². The molecule has 1 N–H and O–H groups in total. The SMILES string of the molecule is Cc1ccc(C(=O)N2CCN(C(=O)Nc3ccc(Oc4ccccc4C#N)cc3)CC2)s1. The highest BCUT2D eigenvalue weighted by atomic mass is 32.1. The summed E-state index contributed by atoms with van der Waals surface area (Å²) in [7, 11) is 0. The molecule has 32 heavy (non-hydrogen) atoms. The number of piperazine rings is 1. The van der Waals surface area contributed by atoms with Crippen LogP contribution < -0.4 is 10.1 Å². The number of ether oxygens (including phenoxy) is 1. The standard InChI is InChI=1S/C24H22N4O3S/c1-17-6-11-22(32-17)23(29)27-12-14-28(15-13-27)24(30)26-19-7-9-20(10-8-19)31-21-5-3-2-4-18(21)16-25/h2-11H,12-15H2,1H3,(H,26,30). The molecule has 2 heterocycles. The second kappa shape index (κ2) is 9.54. The van der Waals surface area contributed by atoms with Gasteiger partial charge < -0.3 is 19.9 Å². The Balaban J connectivity index is 1.30. The minimum atomic E-state index is -0.201. The van der Waals surface area contributed by atoms with Crippen LogP contribution in [0.4, 0.5) is 10.5 Å². The number of aryl methyl sites for hydroxylation is 1. The first-order valence-electron chi connectivity index (χ1n) is 10.2. The van der Waals surface area contributed by atoms with E-state index >= 15 is 0 Å². The summed E-state index contributed by atoms with van der Waals surface area (Å²) < 4.78 is 5.77. The van der Waals surface area contributed by atoms with Gasteiger partial charge in [0.15, 0.2) is 0 Å². The number of amides is 3. The summed E-state index contributed by atoms with van der Waals surface area (Å²) in [4.78, 5) is 30.5. The van der Waals surface area contributed by atoms with E-state index in [-0.39, 0.29) is 11.9 Å². The van der Waals surface area contributed by atoms with E-state index in [0.29, 0.717) is 48.9 Å². The lowest BCUT2D eigenvalue weighted by Crippen LogP contribution is -2.51. The van der Waals surface area contributed by atoms with Crippen LogP contribution in [-0.2, 0) is 0 Å². The number of para-hydroxylation sites is 1. The molecule has 0 spiro atoms. The molecule has 0 aliphatic carbocycles. The number of nitrogens with one attached hydrogen (secondary N) is 1. The number of carbonyl (C=O) groups excluding carboxylic acids is 2. The molecule has 8 heteroatoms. The van der Waals surface area contributed by atoms with Crippen LogP contribution in [0.15, 0.2) is 60.7 Å². The smallest absolute Gasteiger partial charge is 0.321 e. The van der Waals surface area contributed by atoms with Crippen molar-refractivity contribution in [2.45, 2.75) is 6.92 Å². The molecule has 3 amide bonds. The Kier molecular flexibility index (Phi) is 6.38. The number of nitrogens with zero attached hydrogens (tertiary/aromatic N) is 3. The Hall–Kier alpha value is -3.83. The molecule has 0 unspecified atom stereocenters. The van der Waals surface area contributed by atoms with E-state index in [2.05, 4.69) is 11.4 Å². The molecule has 1 fully saturated rings. The van der Waals surface area contributed by atoms with Crippen molar-refractivity contribution < 1.29 is 14.3 Å². The van der Waals surface area contributed by atoms with Crippen LogP contribution in [0.3, 0.4) is 0 Å². The van der Waals surface area contributed by atoms with E-state index in [4.69, 9.17) is 10.00 Å². The van der Waals surface area contributed by atoms with E-state index in [0.717, 1.165) is 9.75 Å². The number of carbonyl (C=O) groups is 2. The highest BCUT2D eigenvalue weighted by Gasteiger charge is 2.25. The minimum absolute atomic E-state index is 0.0247. The molecule has 1 saturated heterocycles. The Bertz CT molecular complexity index is 1160. The normalized spacial score (nSPS) is 13.4. The number of nitriles is 1. The summed E-state index contributed by atoms with van der Waals surface area (Å²) in [5.74, 6) is 1.08. The summed E-state index contributed by atoms with van der Waals surface area (Å²) in [5, 5.41) is 12.0. The zero-order valence-electron chi connectivity index (χ0n) is 17.6. The summed E-state index contributed by atoms with van der Waals surface area (Å²) >= 11 is 1.49. The Morgan fingerprint density at radius 3 is 2.31 bits per heavy atom. The molecule has 162 valence electrons. The van der Waals surface area contributed by atoms with E-state index in [1.807, 2.05) is 19.1 Å². The van der Waals surface area contributed by atoms with Crippen molar-refractivity contribution in [3.63, 3.8) is 0 Å². The quantitative estimate of drug-likeness (QED) is 0.629. The van der Waals surface area contributed by atoms with Crippen LogP contribution >= 0.6 is 11.3 Å². The number of anilines is 1. The predicted octanol–water partition coefficient (Wildman–Crippen LogP) is 4.71. The topological polar surface area (TPSA) is 85.7 Å². The van der Waals surface area contributed by atoms with Gasteiger partial charge in [0.2, 0.25) is 0 Å². The molecule has 3 aromatic rings. The van der Waals surface area contributed by atoms with Crippen molar-refractivity contribution in [3.05, 3.63) is 76.0 Å². The number of hydrogen-bond acceptors (Lipinski definition) is 5. The zero-order valence-corrected chi connectivity index (χ0v) is 18.4. The van der Waals surface area contributed by atoms with Gasteiger partial charge in [-0.3, -0.25) is 4.79 Å². The lowest BCUT2D eigenvalue weighted by molar-refractivity contribution is 0.0676. The molecule has 2 aromatic carbocycles. The molecule has 4 rings (SSSR count). The first kappa shape index (κ1) is 21.4. The highest BCUT2D eigenvalue weighted by molar-refractivity contribution is 7.13. The van der Waals surface area contributed by atoms with Crippen molar-refractivity contribution in [2.75, 3.05) is 31.5 Å². The van der Waals surface area contributed by atoms with Crippen LogP contribution in [0, 0.1) is 18.3 Å². The van der Waals surface area contributed by atoms with Crippen molar-refractivity contribution in [1.29, 1.82) is 5.26 Å². The number of thiophene rings is 1. The average molecular weight is 447 g/mol. The first-order valence-corrected chi connectivity index (χ1v) is 11.0. The van der Waals surface area contributed by atoms with Gasteiger partial charge in [0, 0.05) is 36.7 Å². The molecule has 1 aliphatic rings. The van der Waals surface area contributed by atoms with Gasteiger partial charge in [0.05, 0.1) is 10.4 Å². The molecule has 7 nitrogen and oxygen atoms in total. The zero-order chi connectivity index (χ0) is 22.5. The molecule has 0 bridgehead atoms. The van der Waals surface area contributed by atoms with Crippen molar-refractivity contribution in [2.24, 2.45) is 0 Å².